The van der Waals surface area contributed by atoms with Crippen molar-refractivity contribution in [2.75, 3.05) is 13.7 Å². The third-order valence-electron chi connectivity index (χ3n) is 6.10. The zero-order chi connectivity index (χ0) is 23.7. The smallest absolute Gasteiger partial charge is 0.407 e. The van der Waals surface area contributed by atoms with Gasteiger partial charge in [0.05, 0.1) is 13.7 Å². The van der Waals surface area contributed by atoms with Gasteiger partial charge in [-0.1, -0.05) is 129 Å². The van der Waals surface area contributed by atoms with Crippen LogP contribution in [-0.4, -0.2) is 31.8 Å². The van der Waals surface area contributed by atoms with Gasteiger partial charge >= 0.3 is 12.1 Å². The molecule has 1 N–H and O–H groups in total. The number of hydrogen-bond donors (Lipinski definition) is 1. The van der Waals surface area contributed by atoms with Gasteiger partial charge in [0.15, 0.2) is 0 Å². The fourth-order valence-electron chi connectivity index (χ4n) is 3.97. The van der Waals surface area contributed by atoms with Crippen LogP contribution in [0.15, 0.2) is 0 Å². The van der Waals surface area contributed by atoms with Gasteiger partial charge < -0.3 is 14.8 Å². The summed E-state index contributed by atoms with van der Waals surface area (Å²) < 4.78 is 10.0. The SMILES string of the molecule is CCCCCCCCCCCCCCCCCOC(=O)C(CCCCCC)NC(=O)OC. The van der Waals surface area contributed by atoms with Crippen LogP contribution in [0.3, 0.4) is 0 Å². The summed E-state index contributed by atoms with van der Waals surface area (Å²) in [4.78, 5) is 23.8. The monoisotopic (exact) mass is 455 g/mol. The van der Waals surface area contributed by atoms with E-state index < -0.39 is 12.1 Å². The number of esters is 1. The molecule has 0 saturated heterocycles. The molecule has 0 fully saturated rings. The topological polar surface area (TPSA) is 64.6 Å². The van der Waals surface area contributed by atoms with Crippen molar-refractivity contribution in [2.45, 2.75) is 148 Å². The van der Waals surface area contributed by atoms with Gasteiger partial charge in [-0.15, -0.1) is 0 Å². The molecule has 0 rings (SSSR count). The van der Waals surface area contributed by atoms with Crippen LogP contribution in [0.2, 0.25) is 0 Å². The van der Waals surface area contributed by atoms with E-state index in [-0.39, 0.29) is 5.97 Å². The van der Waals surface area contributed by atoms with E-state index in [0.29, 0.717) is 13.0 Å². The van der Waals surface area contributed by atoms with E-state index in [1.54, 1.807) is 0 Å². The molecule has 5 nitrogen and oxygen atoms in total. The molecule has 32 heavy (non-hydrogen) atoms. The summed E-state index contributed by atoms with van der Waals surface area (Å²) in [5, 5.41) is 2.61. The molecule has 0 bridgehead atoms. The number of amides is 1. The Morgan fingerprint density at radius 1 is 0.625 bits per heavy atom. The number of hydrogen-bond acceptors (Lipinski definition) is 4. The fraction of sp³-hybridized carbons (Fsp3) is 0.926. The molecule has 0 aliphatic carbocycles. The van der Waals surface area contributed by atoms with Crippen molar-refractivity contribution in [3.63, 3.8) is 0 Å². The number of carbonyl (C=O) groups excluding carboxylic acids is 2. The lowest BCUT2D eigenvalue weighted by atomic mass is 10.0. The highest BCUT2D eigenvalue weighted by Crippen LogP contribution is 2.13. The Morgan fingerprint density at radius 2 is 1.03 bits per heavy atom. The van der Waals surface area contributed by atoms with Crippen LogP contribution in [0.1, 0.15) is 142 Å². The van der Waals surface area contributed by atoms with Gasteiger partial charge in [0, 0.05) is 0 Å². The van der Waals surface area contributed by atoms with E-state index in [9.17, 15) is 9.59 Å². The van der Waals surface area contributed by atoms with Gasteiger partial charge in [-0.05, 0) is 12.8 Å². The van der Waals surface area contributed by atoms with E-state index in [0.717, 1.165) is 38.5 Å². The van der Waals surface area contributed by atoms with Crippen molar-refractivity contribution in [1.82, 2.24) is 5.32 Å². The van der Waals surface area contributed by atoms with Crippen molar-refractivity contribution < 1.29 is 19.1 Å². The highest BCUT2D eigenvalue weighted by atomic mass is 16.5. The summed E-state index contributed by atoms with van der Waals surface area (Å²) in [5.41, 5.74) is 0. The minimum atomic E-state index is -0.601. The van der Waals surface area contributed by atoms with Crippen LogP contribution < -0.4 is 5.32 Å². The van der Waals surface area contributed by atoms with E-state index in [4.69, 9.17) is 4.74 Å². The Hall–Kier alpha value is -1.26. The number of ether oxygens (including phenoxy) is 2. The second kappa shape index (κ2) is 24.4. The molecular formula is C27H53NO4. The van der Waals surface area contributed by atoms with Crippen LogP contribution in [-0.2, 0) is 14.3 Å². The van der Waals surface area contributed by atoms with Crippen molar-refractivity contribution in [1.29, 1.82) is 0 Å². The predicted molar refractivity (Wildman–Crippen MR) is 134 cm³/mol. The van der Waals surface area contributed by atoms with Crippen LogP contribution in [0.4, 0.5) is 4.79 Å². The Bertz CT molecular complexity index is 428. The molecule has 0 aromatic heterocycles. The third kappa shape index (κ3) is 20.6. The van der Waals surface area contributed by atoms with Crippen molar-refractivity contribution in [3.05, 3.63) is 0 Å². The van der Waals surface area contributed by atoms with Gasteiger partial charge in [-0.2, -0.15) is 0 Å². The molecule has 0 saturated carbocycles. The second-order valence-corrected chi connectivity index (χ2v) is 9.16. The van der Waals surface area contributed by atoms with E-state index in [1.807, 2.05) is 0 Å². The maximum Gasteiger partial charge on any atom is 0.407 e. The molecule has 1 amide bonds. The molecule has 5 heteroatoms. The summed E-state index contributed by atoms with van der Waals surface area (Å²) in [7, 11) is 1.31. The van der Waals surface area contributed by atoms with Crippen LogP contribution in [0.25, 0.3) is 0 Å². The minimum absolute atomic E-state index is 0.336. The summed E-state index contributed by atoms with van der Waals surface area (Å²) in [6.07, 6.45) is 24.0. The van der Waals surface area contributed by atoms with E-state index >= 15 is 0 Å². The maximum absolute atomic E-state index is 12.3. The number of methoxy groups -OCH3 is 1. The molecule has 0 aromatic rings. The third-order valence-corrected chi connectivity index (χ3v) is 6.10. The van der Waals surface area contributed by atoms with Gasteiger partial charge in [-0.25, -0.2) is 9.59 Å². The molecule has 0 aliphatic heterocycles. The average molecular weight is 456 g/mol. The summed E-state index contributed by atoms with van der Waals surface area (Å²) in [5.74, 6) is -0.336. The zero-order valence-electron chi connectivity index (χ0n) is 21.6. The lowest BCUT2D eigenvalue weighted by Crippen LogP contribution is -2.41. The highest BCUT2D eigenvalue weighted by Gasteiger charge is 2.22. The molecule has 1 atom stereocenters. The van der Waals surface area contributed by atoms with E-state index in [2.05, 4.69) is 23.9 Å². The summed E-state index contributed by atoms with van der Waals surface area (Å²) in [6.45, 7) is 4.86. The molecule has 190 valence electrons. The van der Waals surface area contributed by atoms with Crippen LogP contribution >= 0.6 is 0 Å². The largest absolute Gasteiger partial charge is 0.464 e. The Morgan fingerprint density at radius 3 is 1.47 bits per heavy atom. The lowest BCUT2D eigenvalue weighted by Gasteiger charge is -2.17. The summed E-state index contributed by atoms with van der Waals surface area (Å²) in [6, 6.07) is -0.601. The second-order valence-electron chi connectivity index (χ2n) is 9.16. The van der Waals surface area contributed by atoms with E-state index in [1.165, 1.54) is 90.6 Å². The van der Waals surface area contributed by atoms with Crippen LogP contribution in [0.5, 0.6) is 0 Å². The van der Waals surface area contributed by atoms with Crippen molar-refractivity contribution >= 4 is 12.1 Å². The summed E-state index contributed by atoms with van der Waals surface area (Å²) >= 11 is 0. The minimum Gasteiger partial charge on any atom is -0.464 e. The zero-order valence-corrected chi connectivity index (χ0v) is 21.6. The van der Waals surface area contributed by atoms with Gasteiger partial charge in [0.1, 0.15) is 6.04 Å². The number of carbonyl (C=O) groups is 2. The Kier molecular flexibility index (Phi) is 23.4. The highest BCUT2D eigenvalue weighted by molar-refractivity contribution is 5.81. The van der Waals surface area contributed by atoms with Gasteiger partial charge in [0.25, 0.3) is 0 Å². The average Bonchev–Trinajstić information content (AvgIpc) is 2.80. The molecule has 0 heterocycles. The molecule has 0 radical (unpaired) electrons. The first kappa shape index (κ1) is 30.7. The first-order valence-corrected chi connectivity index (χ1v) is 13.7. The molecular weight excluding hydrogens is 402 g/mol. The number of unbranched alkanes of at least 4 members (excludes halogenated alkanes) is 17. The van der Waals surface area contributed by atoms with Crippen molar-refractivity contribution in [2.24, 2.45) is 0 Å². The van der Waals surface area contributed by atoms with Gasteiger partial charge in [0.2, 0.25) is 0 Å². The predicted octanol–water partition coefficient (Wildman–Crippen LogP) is 8.10. The molecule has 0 aromatic carbocycles. The van der Waals surface area contributed by atoms with Gasteiger partial charge in [-0.3, -0.25) is 0 Å². The standard InChI is InChI=1S/C27H53NO4/c1-4-6-8-10-11-12-13-14-15-16-17-18-19-20-22-24-32-26(29)25(28-27(30)31-3)23-21-9-7-5-2/h25H,4-24H2,1-3H3,(H,28,30). The number of alkyl carbamates (subject to hydrolysis) is 1. The molecule has 1 unspecified atom stereocenters. The first-order valence-electron chi connectivity index (χ1n) is 13.7. The number of nitrogens with one attached hydrogen (secondary N) is 1. The maximum atomic E-state index is 12.3. The van der Waals surface area contributed by atoms with Crippen molar-refractivity contribution in [3.8, 4) is 0 Å². The normalized spacial score (nSPS) is 11.8. The molecule has 0 aliphatic rings. The fourth-order valence-corrected chi connectivity index (χ4v) is 3.97. The first-order chi connectivity index (χ1) is 15.7. The Labute approximate surface area is 198 Å². The molecule has 0 spiro atoms. The van der Waals surface area contributed by atoms with Crippen LogP contribution in [0, 0.1) is 0 Å². The Balaban J connectivity index is 3.61. The lowest BCUT2D eigenvalue weighted by molar-refractivity contribution is -0.146. The number of rotatable bonds is 23. The quantitative estimate of drug-likeness (QED) is 0.125.